The number of ether oxygens (including phenoxy) is 4. The van der Waals surface area contributed by atoms with E-state index in [9.17, 15) is 0 Å². The molecule has 0 saturated carbocycles. The molecule has 0 spiro atoms. The first-order valence-electron chi connectivity index (χ1n) is 12.4. The van der Waals surface area contributed by atoms with Crippen LogP contribution in [-0.2, 0) is 18.9 Å². The Hall–Kier alpha value is -0.900. The Bertz CT molecular complexity index is 355. The van der Waals surface area contributed by atoms with Crippen LogP contribution in [0.3, 0.4) is 0 Å². The Labute approximate surface area is 181 Å². The molecule has 0 fully saturated rings. The van der Waals surface area contributed by atoms with Crippen molar-refractivity contribution >= 4 is 0 Å². The van der Waals surface area contributed by atoms with Crippen LogP contribution in [0.15, 0.2) is 11.7 Å². The van der Waals surface area contributed by atoms with Crippen LogP contribution < -0.4 is 0 Å². The number of methoxy groups -OCH3 is 1. The third-order valence-electron chi connectivity index (χ3n) is 5.05. The van der Waals surface area contributed by atoms with Crippen molar-refractivity contribution in [3.05, 3.63) is 11.7 Å². The maximum Gasteiger partial charge on any atom is 0.321 e. The van der Waals surface area contributed by atoms with E-state index in [2.05, 4.69) is 20.8 Å². The van der Waals surface area contributed by atoms with Gasteiger partial charge in [-0.2, -0.15) is 0 Å². The summed E-state index contributed by atoms with van der Waals surface area (Å²) in [7, 11) is 1.64. The summed E-state index contributed by atoms with van der Waals surface area (Å²) < 4.78 is 23.1. The molecule has 0 aromatic heterocycles. The maximum absolute atomic E-state index is 6.16. The molecule has 29 heavy (non-hydrogen) atoms. The Balaban J connectivity index is 4.64. The molecular weight excluding hydrogens is 364 g/mol. The lowest BCUT2D eigenvalue weighted by Crippen LogP contribution is -2.09. The van der Waals surface area contributed by atoms with Gasteiger partial charge in [0.15, 0.2) is 12.6 Å². The van der Waals surface area contributed by atoms with Crippen LogP contribution >= 0.6 is 0 Å². The summed E-state index contributed by atoms with van der Waals surface area (Å²) in [5.74, 6) is 1.42. The highest BCUT2D eigenvalue weighted by molar-refractivity contribution is 4.95. The fourth-order valence-electron chi connectivity index (χ4n) is 3.21. The van der Waals surface area contributed by atoms with Crippen LogP contribution in [-0.4, -0.2) is 27.1 Å². The summed E-state index contributed by atoms with van der Waals surface area (Å²) in [6.45, 7) is 8.36. The number of unbranched alkanes of at least 4 members (excludes halogenated alkanes) is 12. The third-order valence-corrected chi connectivity index (χ3v) is 5.05. The topological polar surface area (TPSA) is 36.9 Å². The molecule has 0 N–H and O–H groups in total. The summed E-state index contributed by atoms with van der Waals surface area (Å²) in [5, 5.41) is 0. The average molecular weight is 415 g/mol. The fourth-order valence-corrected chi connectivity index (χ4v) is 3.21. The van der Waals surface area contributed by atoms with Crippen molar-refractivity contribution in [1.82, 2.24) is 0 Å². The Kier molecular flexibility index (Phi) is 22.7. The standard InChI is InChI=1S/C25H50O4/c1-5-8-11-14-17-20-24(27-21-18-15-12-9-6-2)25(29-23-26-4)28-22-19-16-13-10-7-3/h5-23H2,1-4H3. The summed E-state index contributed by atoms with van der Waals surface area (Å²) in [6, 6.07) is 0. The minimum absolute atomic E-state index is 0.199. The van der Waals surface area contributed by atoms with Crippen molar-refractivity contribution in [3.8, 4) is 0 Å². The van der Waals surface area contributed by atoms with E-state index in [1.165, 1.54) is 77.0 Å². The lowest BCUT2D eigenvalue weighted by molar-refractivity contribution is -0.0692. The van der Waals surface area contributed by atoms with Crippen molar-refractivity contribution in [2.75, 3.05) is 27.1 Å². The van der Waals surface area contributed by atoms with Crippen molar-refractivity contribution in [2.24, 2.45) is 0 Å². The van der Waals surface area contributed by atoms with E-state index in [0.29, 0.717) is 12.6 Å². The second kappa shape index (κ2) is 23.4. The largest absolute Gasteiger partial charge is 0.491 e. The van der Waals surface area contributed by atoms with E-state index in [4.69, 9.17) is 18.9 Å². The number of hydrogen-bond acceptors (Lipinski definition) is 4. The average Bonchev–Trinajstić information content (AvgIpc) is 2.73. The van der Waals surface area contributed by atoms with Gasteiger partial charge in [-0.3, -0.25) is 0 Å². The second-order valence-corrected chi connectivity index (χ2v) is 7.95. The molecule has 0 rings (SSSR count). The lowest BCUT2D eigenvalue weighted by Gasteiger charge is -2.17. The van der Waals surface area contributed by atoms with Crippen molar-refractivity contribution in [2.45, 2.75) is 124 Å². The van der Waals surface area contributed by atoms with Crippen LogP contribution in [0, 0.1) is 0 Å². The molecule has 4 heteroatoms. The second-order valence-electron chi connectivity index (χ2n) is 7.95. The fraction of sp³-hybridized carbons (Fsp3) is 0.920. The van der Waals surface area contributed by atoms with E-state index >= 15 is 0 Å². The van der Waals surface area contributed by atoms with Crippen LogP contribution in [0.4, 0.5) is 0 Å². The molecule has 0 aliphatic rings. The molecule has 0 aromatic rings. The predicted molar refractivity (Wildman–Crippen MR) is 123 cm³/mol. The van der Waals surface area contributed by atoms with Crippen molar-refractivity contribution in [3.63, 3.8) is 0 Å². The van der Waals surface area contributed by atoms with Crippen LogP contribution in [0.2, 0.25) is 0 Å². The minimum Gasteiger partial charge on any atom is -0.491 e. The molecule has 0 aliphatic heterocycles. The van der Waals surface area contributed by atoms with Crippen LogP contribution in [0.25, 0.3) is 0 Å². The Morgan fingerprint density at radius 3 is 1.52 bits per heavy atom. The van der Waals surface area contributed by atoms with E-state index in [-0.39, 0.29) is 6.79 Å². The zero-order valence-corrected chi connectivity index (χ0v) is 20.1. The highest BCUT2D eigenvalue weighted by Gasteiger charge is 2.13. The van der Waals surface area contributed by atoms with Gasteiger partial charge in [-0.1, -0.05) is 97.8 Å². The monoisotopic (exact) mass is 414 g/mol. The molecule has 0 atom stereocenters. The molecule has 0 aliphatic carbocycles. The molecule has 0 aromatic carbocycles. The minimum atomic E-state index is 0.199. The van der Waals surface area contributed by atoms with Crippen molar-refractivity contribution in [1.29, 1.82) is 0 Å². The van der Waals surface area contributed by atoms with E-state index in [1.54, 1.807) is 7.11 Å². The Morgan fingerprint density at radius 2 is 1.00 bits per heavy atom. The summed E-state index contributed by atoms with van der Waals surface area (Å²) in [5.41, 5.74) is 0. The highest BCUT2D eigenvalue weighted by Crippen LogP contribution is 2.20. The summed E-state index contributed by atoms with van der Waals surface area (Å²) >= 11 is 0. The first-order valence-corrected chi connectivity index (χ1v) is 12.4. The zero-order valence-electron chi connectivity index (χ0n) is 20.1. The van der Waals surface area contributed by atoms with Gasteiger partial charge in [0, 0.05) is 13.5 Å². The van der Waals surface area contributed by atoms with E-state index < -0.39 is 0 Å². The number of rotatable bonds is 23. The predicted octanol–water partition coefficient (Wildman–Crippen LogP) is 8.11. The summed E-state index contributed by atoms with van der Waals surface area (Å²) in [4.78, 5) is 0. The quantitative estimate of drug-likeness (QED) is 0.0961. The van der Waals surface area contributed by atoms with Gasteiger partial charge in [-0.05, 0) is 19.3 Å². The van der Waals surface area contributed by atoms with Crippen molar-refractivity contribution < 1.29 is 18.9 Å². The van der Waals surface area contributed by atoms with Gasteiger partial charge in [0.05, 0.1) is 13.2 Å². The third kappa shape index (κ3) is 18.8. The maximum atomic E-state index is 6.16. The molecule has 0 heterocycles. The molecular formula is C25H50O4. The molecule has 0 radical (unpaired) electrons. The molecule has 174 valence electrons. The SMILES string of the molecule is CCCCCCCOC(CCCCCCC)=C(OCCCCCCC)OCOC. The first-order chi connectivity index (χ1) is 14.3. The highest BCUT2D eigenvalue weighted by atomic mass is 16.7. The van der Waals surface area contributed by atoms with Gasteiger partial charge in [0.25, 0.3) is 0 Å². The van der Waals surface area contributed by atoms with Gasteiger partial charge in [0.1, 0.15) is 0 Å². The van der Waals surface area contributed by atoms with E-state index in [0.717, 1.165) is 38.0 Å². The number of hydrogen-bond donors (Lipinski definition) is 0. The Morgan fingerprint density at radius 1 is 0.517 bits per heavy atom. The number of allylic oxidation sites excluding steroid dienone is 1. The zero-order chi connectivity index (χ0) is 21.4. The normalized spacial score (nSPS) is 12.0. The smallest absolute Gasteiger partial charge is 0.321 e. The molecule has 0 unspecified atom stereocenters. The molecule has 0 amide bonds. The van der Waals surface area contributed by atoms with Gasteiger partial charge in [-0.15, -0.1) is 0 Å². The van der Waals surface area contributed by atoms with Gasteiger partial charge in [0.2, 0.25) is 0 Å². The van der Waals surface area contributed by atoms with Gasteiger partial charge in [-0.25, -0.2) is 0 Å². The molecule has 0 bridgehead atoms. The van der Waals surface area contributed by atoms with Gasteiger partial charge < -0.3 is 18.9 Å². The molecule has 0 saturated heterocycles. The van der Waals surface area contributed by atoms with E-state index in [1.807, 2.05) is 0 Å². The van der Waals surface area contributed by atoms with Crippen LogP contribution in [0.1, 0.15) is 124 Å². The van der Waals surface area contributed by atoms with Gasteiger partial charge >= 0.3 is 5.95 Å². The lowest BCUT2D eigenvalue weighted by atomic mass is 10.1. The first kappa shape index (κ1) is 28.1. The van der Waals surface area contributed by atoms with Crippen LogP contribution in [0.5, 0.6) is 0 Å². The summed E-state index contributed by atoms with van der Waals surface area (Å²) in [6.07, 6.45) is 19.4. The molecule has 4 nitrogen and oxygen atoms in total.